The molecule has 0 aliphatic heterocycles. The molecule has 0 heterocycles. The van der Waals surface area contributed by atoms with E-state index in [1.807, 2.05) is 6.08 Å². The van der Waals surface area contributed by atoms with Crippen LogP contribution in [0.1, 0.15) is 65.7 Å². The highest BCUT2D eigenvalue weighted by molar-refractivity contribution is 5.91. The summed E-state index contributed by atoms with van der Waals surface area (Å²) in [6.45, 7) is 5.72. The van der Waals surface area contributed by atoms with E-state index in [2.05, 4.69) is 13.8 Å². The summed E-state index contributed by atoms with van der Waals surface area (Å²) in [6, 6.07) is 0. The molecule has 3 saturated carbocycles. The normalized spacial score (nSPS) is 46.1. The van der Waals surface area contributed by atoms with Gasteiger partial charge in [-0.25, -0.2) is 0 Å². The number of allylic oxidation sites excluding steroid dienone is 1. The van der Waals surface area contributed by atoms with Crippen molar-refractivity contribution in [2.75, 3.05) is 6.61 Å². The first kappa shape index (κ1) is 20.1. The minimum atomic E-state index is -0.488. The lowest BCUT2D eigenvalue weighted by atomic mass is 9.46. The Labute approximate surface area is 167 Å². The van der Waals surface area contributed by atoms with Gasteiger partial charge in [0.1, 0.15) is 6.10 Å². The van der Waals surface area contributed by atoms with Gasteiger partial charge in [-0.3, -0.25) is 9.59 Å². The van der Waals surface area contributed by atoms with E-state index in [4.69, 9.17) is 4.74 Å². The fourth-order valence-electron chi connectivity index (χ4n) is 7.80. The molecule has 4 aliphatic carbocycles. The Morgan fingerprint density at radius 1 is 1.29 bits per heavy atom. The fourth-order valence-corrected chi connectivity index (χ4v) is 7.80. The predicted octanol–water partition coefficient (Wildman–Crippen LogP) is 3.03. The molecule has 0 spiro atoms. The quantitative estimate of drug-likeness (QED) is 0.724. The minimum Gasteiger partial charge on any atom is -0.460 e. The van der Waals surface area contributed by atoms with Crippen molar-refractivity contribution < 1.29 is 24.5 Å². The summed E-state index contributed by atoms with van der Waals surface area (Å²) >= 11 is 0. The molecule has 5 nitrogen and oxygen atoms in total. The van der Waals surface area contributed by atoms with Crippen LogP contribution in [-0.4, -0.2) is 40.8 Å². The number of esters is 1. The largest absolute Gasteiger partial charge is 0.460 e. The van der Waals surface area contributed by atoms with Gasteiger partial charge in [-0.2, -0.15) is 0 Å². The smallest absolute Gasteiger partial charge is 0.302 e. The zero-order valence-electron chi connectivity index (χ0n) is 17.3. The molecule has 4 rings (SSSR count). The second-order valence-corrected chi connectivity index (χ2v) is 10.2. The SMILES string of the molecule is CC(=O)O[C@@H](CO)[C@@H]1CC[C@@H]2[C@H]3CCC4=CC(=O)CC[C@]4(C)[C@@H]3[C@@H](O)C[C@]21C. The van der Waals surface area contributed by atoms with Crippen molar-refractivity contribution >= 4 is 11.8 Å². The van der Waals surface area contributed by atoms with Crippen LogP contribution in [0.25, 0.3) is 0 Å². The molecule has 8 atom stereocenters. The van der Waals surface area contributed by atoms with E-state index in [9.17, 15) is 19.8 Å². The number of hydrogen-bond acceptors (Lipinski definition) is 5. The van der Waals surface area contributed by atoms with Gasteiger partial charge in [-0.05, 0) is 73.2 Å². The van der Waals surface area contributed by atoms with E-state index in [0.717, 1.165) is 32.1 Å². The summed E-state index contributed by atoms with van der Waals surface area (Å²) < 4.78 is 5.47. The summed E-state index contributed by atoms with van der Waals surface area (Å²) in [6.07, 6.45) is 6.99. The first-order valence-corrected chi connectivity index (χ1v) is 10.9. The van der Waals surface area contributed by atoms with Gasteiger partial charge in [0.25, 0.3) is 0 Å². The molecule has 0 bridgehead atoms. The monoisotopic (exact) mass is 390 g/mol. The summed E-state index contributed by atoms with van der Waals surface area (Å²) in [5.74, 6) is 1.04. The van der Waals surface area contributed by atoms with E-state index in [1.165, 1.54) is 12.5 Å². The fraction of sp³-hybridized carbons (Fsp3) is 0.826. The van der Waals surface area contributed by atoms with E-state index >= 15 is 0 Å². The Bertz CT molecular complexity index is 699. The lowest BCUT2D eigenvalue weighted by Crippen LogP contribution is -2.57. The third kappa shape index (κ3) is 2.88. The number of carbonyl (C=O) groups is 2. The highest BCUT2D eigenvalue weighted by atomic mass is 16.5. The molecule has 0 radical (unpaired) electrons. The van der Waals surface area contributed by atoms with Crippen LogP contribution in [0.4, 0.5) is 0 Å². The Balaban J connectivity index is 1.65. The highest BCUT2D eigenvalue weighted by Gasteiger charge is 2.63. The highest BCUT2D eigenvalue weighted by Crippen LogP contribution is 2.67. The molecule has 0 amide bonds. The Morgan fingerprint density at radius 2 is 2.04 bits per heavy atom. The van der Waals surface area contributed by atoms with Gasteiger partial charge in [0, 0.05) is 19.3 Å². The van der Waals surface area contributed by atoms with Crippen LogP contribution in [-0.2, 0) is 14.3 Å². The van der Waals surface area contributed by atoms with Gasteiger partial charge in [0.2, 0.25) is 0 Å². The van der Waals surface area contributed by atoms with Crippen LogP contribution < -0.4 is 0 Å². The molecule has 0 aromatic rings. The van der Waals surface area contributed by atoms with Crippen molar-refractivity contribution in [3.8, 4) is 0 Å². The molecular formula is C23H34O5. The van der Waals surface area contributed by atoms with Crippen LogP contribution in [0.2, 0.25) is 0 Å². The van der Waals surface area contributed by atoms with Gasteiger partial charge < -0.3 is 14.9 Å². The Hall–Kier alpha value is -1.20. The predicted molar refractivity (Wildman–Crippen MR) is 104 cm³/mol. The maximum atomic E-state index is 12.0. The van der Waals surface area contributed by atoms with Gasteiger partial charge in [0.05, 0.1) is 12.7 Å². The summed E-state index contributed by atoms with van der Waals surface area (Å²) in [4.78, 5) is 23.5. The van der Waals surface area contributed by atoms with Crippen LogP contribution in [0.3, 0.4) is 0 Å². The van der Waals surface area contributed by atoms with Gasteiger partial charge in [-0.1, -0.05) is 19.4 Å². The van der Waals surface area contributed by atoms with Gasteiger partial charge in [-0.15, -0.1) is 0 Å². The number of aliphatic hydroxyl groups excluding tert-OH is 2. The van der Waals surface area contributed by atoms with E-state index in [1.54, 1.807) is 0 Å². The molecule has 4 aliphatic rings. The molecule has 0 unspecified atom stereocenters. The van der Waals surface area contributed by atoms with Crippen LogP contribution in [0.5, 0.6) is 0 Å². The van der Waals surface area contributed by atoms with Crippen LogP contribution in [0.15, 0.2) is 11.6 Å². The standard InChI is InChI=1S/C23H34O5/c1-13(25)28-20(12-24)18-7-6-17-16-5-4-14-10-15(26)8-9-22(14,2)21(16)19(27)11-23(17,18)3/h10,16-21,24,27H,4-9,11-12H2,1-3H3/t16-,17-,18+,19+,20+,21+,22+,23-/m1/s1. The zero-order valence-corrected chi connectivity index (χ0v) is 17.3. The number of hydrogen-bond donors (Lipinski definition) is 2. The van der Waals surface area contributed by atoms with Crippen molar-refractivity contribution in [1.29, 1.82) is 0 Å². The Morgan fingerprint density at radius 3 is 2.71 bits per heavy atom. The first-order valence-electron chi connectivity index (χ1n) is 10.9. The third-order valence-corrected chi connectivity index (χ3v) is 8.91. The van der Waals surface area contributed by atoms with Gasteiger partial charge >= 0.3 is 5.97 Å². The summed E-state index contributed by atoms with van der Waals surface area (Å²) in [7, 11) is 0. The van der Waals surface area contributed by atoms with E-state index in [0.29, 0.717) is 24.7 Å². The van der Waals surface area contributed by atoms with Crippen molar-refractivity contribution in [1.82, 2.24) is 0 Å². The lowest BCUT2D eigenvalue weighted by Gasteiger charge is -2.60. The molecule has 28 heavy (non-hydrogen) atoms. The average molecular weight is 391 g/mol. The number of carbonyl (C=O) groups excluding carboxylic acids is 2. The van der Waals surface area contributed by atoms with Crippen molar-refractivity contribution in [2.45, 2.75) is 77.9 Å². The molecule has 156 valence electrons. The van der Waals surface area contributed by atoms with Crippen molar-refractivity contribution in [3.05, 3.63) is 11.6 Å². The number of ketones is 1. The molecule has 0 aromatic carbocycles. The van der Waals surface area contributed by atoms with Crippen LogP contribution >= 0.6 is 0 Å². The first-order chi connectivity index (χ1) is 13.2. The van der Waals surface area contributed by atoms with E-state index < -0.39 is 12.2 Å². The molecular weight excluding hydrogens is 356 g/mol. The molecule has 0 aromatic heterocycles. The van der Waals surface area contributed by atoms with Crippen LogP contribution in [0, 0.1) is 34.5 Å². The Kier molecular flexibility index (Phi) is 4.98. The van der Waals surface area contributed by atoms with Crippen molar-refractivity contribution in [2.24, 2.45) is 34.5 Å². The topological polar surface area (TPSA) is 83.8 Å². The number of aliphatic hydroxyl groups is 2. The molecule has 0 saturated heterocycles. The van der Waals surface area contributed by atoms with E-state index in [-0.39, 0.29) is 41.0 Å². The molecule has 3 fully saturated rings. The minimum absolute atomic E-state index is 0.0814. The van der Waals surface area contributed by atoms with Crippen molar-refractivity contribution in [3.63, 3.8) is 0 Å². The second-order valence-electron chi connectivity index (χ2n) is 10.2. The maximum Gasteiger partial charge on any atom is 0.302 e. The number of ether oxygens (including phenoxy) is 1. The average Bonchev–Trinajstić information content (AvgIpc) is 2.96. The zero-order chi connectivity index (χ0) is 20.3. The maximum absolute atomic E-state index is 12.0. The van der Waals surface area contributed by atoms with Gasteiger partial charge in [0.15, 0.2) is 5.78 Å². The lowest BCUT2D eigenvalue weighted by molar-refractivity contribution is -0.165. The second kappa shape index (κ2) is 6.94. The summed E-state index contributed by atoms with van der Waals surface area (Å²) in [5.41, 5.74) is 1.03. The summed E-state index contributed by atoms with van der Waals surface area (Å²) in [5, 5.41) is 21.2. The number of fused-ring (bicyclic) bond motifs is 5. The number of rotatable bonds is 3. The molecule has 2 N–H and O–H groups in total. The molecule has 5 heteroatoms. The third-order valence-electron chi connectivity index (χ3n) is 8.91.